The summed E-state index contributed by atoms with van der Waals surface area (Å²) in [6, 6.07) is 5.89. The fourth-order valence-electron chi connectivity index (χ4n) is 2.09. The van der Waals surface area contributed by atoms with Crippen LogP contribution in [-0.2, 0) is 16.1 Å². The smallest absolute Gasteiger partial charge is 0.312 e. The second kappa shape index (κ2) is 8.14. The monoisotopic (exact) mass is 323 g/mol. The number of carbonyl (C=O) groups excluding carboxylic acids is 2. The molecule has 0 aromatic heterocycles. The molecule has 8 nitrogen and oxygen atoms in total. The first-order valence-electron chi connectivity index (χ1n) is 6.91. The molecule has 1 rings (SSSR count). The van der Waals surface area contributed by atoms with Crippen molar-refractivity contribution in [1.82, 2.24) is 10.6 Å². The van der Waals surface area contributed by atoms with Gasteiger partial charge < -0.3 is 26.2 Å². The van der Waals surface area contributed by atoms with E-state index in [0.29, 0.717) is 5.56 Å². The quantitative estimate of drug-likeness (QED) is 0.552. The number of hydrogen-bond donors (Lipinski definition) is 4. The largest absolute Gasteiger partial charge is 0.481 e. The maximum atomic E-state index is 12.2. The van der Waals surface area contributed by atoms with Crippen LogP contribution in [0.3, 0.4) is 0 Å². The molecule has 23 heavy (non-hydrogen) atoms. The molecule has 1 atom stereocenters. The highest BCUT2D eigenvalue weighted by atomic mass is 16.5. The predicted molar refractivity (Wildman–Crippen MR) is 82.9 cm³/mol. The van der Waals surface area contributed by atoms with Crippen LogP contribution in [-0.4, -0.2) is 42.3 Å². The molecular formula is C15H21N3O5. The van der Waals surface area contributed by atoms with Crippen LogP contribution in [0.1, 0.15) is 29.3 Å². The lowest BCUT2D eigenvalue weighted by atomic mass is 9.98. The SMILES string of the molecule is COCC(C)(CC(=O)O)NC(=O)c1ccc(CNC(N)=O)cc1. The van der Waals surface area contributed by atoms with E-state index in [9.17, 15) is 14.4 Å². The van der Waals surface area contributed by atoms with Crippen molar-refractivity contribution in [3.63, 3.8) is 0 Å². The Morgan fingerprint density at radius 3 is 2.35 bits per heavy atom. The Kier molecular flexibility index (Phi) is 6.52. The minimum Gasteiger partial charge on any atom is -0.481 e. The third-order valence-corrected chi connectivity index (χ3v) is 3.10. The molecule has 1 unspecified atom stereocenters. The number of primary amides is 1. The number of ether oxygens (including phenoxy) is 1. The lowest BCUT2D eigenvalue weighted by Gasteiger charge is -2.28. The number of urea groups is 1. The summed E-state index contributed by atoms with van der Waals surface area (Å²) in [7, 11) is 1.44. The van der Waals surface area contributed by atoms with Gasteiger partial charge in [0.15, 0.2) is 0 Å². The normalized spacial score (nSPS) is 13.0. The molecule has 5 N–H and O–H groups in total. The van der Waals surface area contributed by atoms with Gasteiger partial charge in [-0.05, 0) is 24.6 Å². The molecule has 3 amide bonds. The number of nitrogens with one attached hydrogen (secondary N) is 2. The minimum absolute atomic E-state index is 0.0751. The maximum absolute atomic E-state index is 12.2. The van der Waals surface area contributed by atoms with E-state index in [2.05, 4.69) is 10.6 Å². The van der Waals surface area contributed by atoms with Gasteiger partial charge in [-0.2, -0.15) is 0 Å². The van der Waals surface area contributed by atoms with Crippen LogP contribution in [0.2, 0.25) is 0 Å². The number of aliphatic carboxylic acids is 1. The van der Waals surface area contributed by atoms with E-state index in [1.165, 1.54) is 7.11 Å². The summed E-state index contributed by atoms with van der Waals surface area (Å²) in [5, 5.41) is 14.1. The van der Waals surface area contributed by atoms with Crippen molar-refractivity contribution in [2.45, 2.75) is 25.4 Å². The topological polar surface area (TPSA) is 131 Å². The Morgan fingerprint density at radius 2 is 1.87 bits per heavy atom. The third-order valence-electron chi connectivity index (χ3n) is 3.10. The Morgan fingerprint density at radius 1 is 1.26 bits per heavy atom. The number of nitrogens with two attached hydrogens (primary N) is 1. The van der Waals surface area contributed by atoms with Gasteiger partial charge in [0.1, 0.15) is 0 Å². The van der Waals surface area contributed by atoms with Crippen LogP contribution < -0.4 is 16.4 Å². The zero-order chi connectivity index (χ0) is 17.5. The third kappa shape index (κ3) is 6.35. The van der Waals surface area contributed by atoms with Crippen molar-refractivity contribution < 1.29 is 24.2 Å². The molecule has 0 heterocycles. The lowest BCUT2D eigenvalue weighted by Crippen LogP contribution is -2.50. The molecule has 0 aliphatic rings. The van der Waals surface area contributed by atoms with E-state index in [1.807, 2.05) is 0 Å². The first-order valence-corrected chi connectivity index (χ1v) is 6.91. The number of methoxy groups -OCH3 is 1. The highest BCUT2D eigenvalue weighted by molar-refractivity contribution is 5.95. The molecule has 1 aromatic carbocycles. The molecule has 0 fully saturated rings. The average Bonchev–Trinajstić information content (AvgIpc) is 2.44. The summed E-state index contributed by atoms with van der Waals surface area (Å²) >= 11 is 0. The number of benzene rings is 1. The summed E-state index contributed by atoms with van der Waals surface area (Å²) in [6.45, 7) is 1.94. The van der Waals surface area contributed by atoms with Crippen LogP contribution in [0.25, 0.3) is 0 Å². The van der Waals surface area contributed by atoms with Crippen molar-refractivity contribution in [2.75, 3.05) is 13.7 Å². The molecule has 0 radical (unpaired) electrons. The average molecular weight is 323 g/mol. The molecule has 1 aromatic rings. The van der Waals surface area contributed by atoms with E-state index >= 15 is 0 Å². The number of carbonyl (C=O) groups is 3. The molecule has 126 valence electrons. The molecule has 0 aliphatic carbocycles. The van der Waals surface area contributed by atoms with Crippen LogP contribution in [0.15, 0.2) is 24.3 Å². The fourth-order valence-corrected chi connectivity index (χ4v) is 2.09. The number of amides is 3. The Balaban J connectivity index is 2.75. The van der Waals surface area contributed by atoms with Gasteiger partial charge in [0, 0.05) is 19.2 Å². The molecule has 0 saturated heterocycles. The summed E-state index contributed by atoms with van der Waals surface area (Å²) in [4.78, 5) is 33.8. The maximum Gasteiger partial charge on any atom is 0.312 e. The Bertz CT molecular complexity index is 573. The van der Waals surface area contributed by atoms with Crippen LogP contribution in [0, 0.1) is 0 Å². The van der Waals surface area contributed by atoms with Gasteiger partial charge in [0.2, 0.25) is 0 Å². The minimum atomic E-state index is -1.03. The van der Waals surface area contributed by atoms with Crippen molar-refractivity contribution in [1.29, 1.82) is 0 Å². The summed E-state index contributed by atoms with van der Waals surface area (Å²) in [5.74, 6) is -1.43. The van der Waals surface area contributed by atoms with Gasteiger partial charge in [-0.25, -0.2) is 4.79 Å². The number of rotatable bonds is 8. The van der Waals surface area contributed by atoms with Crippen molar-refractivity contribution >= 4 is 17.9 Å². The highest BCUT2D eigenvalue weighted by Gasteiger charge is 2.29. The van der Waals surface area contributed by atoms with Gasteiger partial charge in [-0.15, -0.1) is 0 Å². The van der Waals surface area contributed by atoms with Gasteiger partial charge in [0.25, 0.3) is 5.91 Å². The molecule has 0 spiro atoms. The summed E-state index contributed by atoms with van der Waals surface area (Å²) in [6.07, 6.45) is -0.257. The Labute approximate surface area is 134 Å². The first-order chi connectivity index (χ1) is 10.8. The van der Waals surface area contributed by atoms with Crippen LogP contribution >= 0.6 is 0 Å². The van der Waals surface area contributed by atoms with E-state index in [-0.39, 0.29) is 19.6 Å². The molecular weight excluding hydrogens is 302 g/mol. The van der Waals surface area contributed by atoms with Gasteiger partial charge >= 0.3 is 12.0 Å². The van der Waals surface area contributed by atoms with E-state index in [4.69, 9.17) is 15.6 Å². The van der Waals surface area contributed by atoms with Crippen molar-refractivity contribution in [2.24, 2.45) is 5.73 Å². The van der Waals surface area contributed by atoms with E-state index in [1.54, 1.807) is 31.2 Å². The standard InChI is InChI=1S/C15H21N3O5/c1-15(9-23-2,7-12(19)20)18-13(21)11-5-3-10(4-6-11)8-17-14(16)22/h3-6H,7-9H2,1-2H3,(H,18,21)(H,19,20)(H3,16,17,22). The van der Waals surface area contributed by atoms with Crippen LogP contribution in [0.4, 0.5) is 4.79 Å². The molecule has 0 bridgehead atoms. The van der Waals surface area contributed by atoms with Crippen molar-refractivity contribution in [3.05, 3.63) is 35.4 Å². The number of carboxylic acid groups (broad SMARTS) is 1. The van der Waals surface area contributed by atoms with Gasteiger partial charge in [0.05, 0.1) is 18.6 Å². The first kappa shape index (κ1) is 18.4. The second-order valence-electron chi connectivity index (χ2n) is 5.43. The Hall–Kier alpha value is -2.61. The van der Waals surface area contributed by atoms with Crippen LogP contribution in [0.5, 0.6) is 0 Å². The van der Waals surface area contributed by atoms with Gasteiger partial charge in [-0.3, -0.25) is 9.59 Å². The molecule has 0 aliphatic heterocycles. The van der Waals surface area contributed by atoms with Crippen molar-refractivity contribution in [3.8, 4) is 0 Å². The van der Waals surface area contributed by atoms with E-state index in [0.717, 1.165) is 5.56 Å². The number of carboxylic acids is 1. The fraction of sp³-hybridized carbons (Fsp3) is 0.400. The van der Waals surface area contributed by atoms with Gasteiger partial charge in [-0.1, -0.05) is 12.1 Å². The van der Waals surface area contributed by atoms with E-state index < -0.39 is 23.4 Å². The zero-order valence-electron chi connectivity index (χ0n) is 13.1. The second-order valence-corrected chi connectivity index (χ2v) is 5.43. The lowest BCUT2D eigenvalue weighted by molar-refractivity contribution is -0.139. The summed E-state index contributed by atoms with van der Waals surface area (Å²) in [5.41, 5.74) is 5.13. The summed E-state index contributed by atoms with van der Waals surface area (Å²) < 4.78 is 4.99. The highest BCUT2D eigenvalue weighted by Crippen LogP contribution is 2.13. The number of hydrogen-bond acceptors (Lipinski definition) is 4. The molecule has 8 heteroatoms. The predicted octanol–water partition coefficient (Wildman–Crippen LogP) is 0.465. The molecule has 0 saturated carbocycles. The zero-order valence-corrected chi connectivity index (χ0v) is 13.1.